The summed E-state index contributed by atoms with van der Waals surface area (Å²) in [4.78, 5) is 12.9. The van der Waals surface area contributed by atoms with E-state index >= 15 is 0 Å². The molecule has 2 rings (SSSR count). The number of thiophene rings is 1. The van der Waals surface area contributed by atoms with E-state index < -0.39 is 17.8 Å². The van der Waals surface area contributed by atoms with Crippen LogP contribution < -0.4 is 15.4 Å². The molecule has 0 spiro atoms. The molecule has 1 aromatic carbocycles. The number of hydrogen-bond donors (Lipinski definition) is 2. The van der Waals surface area contributed by atoms with Gasteiger partial charge in [0.25, 0.3) is 0 Å². The number of hydrogen-bond acceptors (Lipinski definition) is 3. The number of carbonyl (C=O) groups excluding carboxylic acids is 1. The Balaban J connectivity index is 2.18. The first kappa shape index (κ1) is 16.2. The predicted molar refractivity (Wildman–Crippen MR) is 79.7 cm³/mol. The molecule has 0 fully saturated rings. The van der Waals surface area contributed by atoms with Crippen molar-refractivity contribution in [3.05, 3.63) is 40.1 Å². The Morgan fingerprint density at radius 2 is 1.95 bits per heavy atom. The Hall–Kier alpha value is -2.22. The fraction of sp³-hybridized carbons (Fsp3) is 0.214. The topological polar surface area (TPSA) is 50.4 Å². The number of ether oxygens (including phenoxy) is 1. The van der Waals surface area contributed by atoms with Gasteiger partial charge in [-0.15, -0.1) is 11.3 Å². The van der Waals surface area contributed by atoms with E-state index in [1.165, 1.54) is 18.4 Å². The molecule has 0 aliphatic heterocycles. The summed E-state index contributed by atoms with van der Waals surface area (Å²) in [7, 11) is 1.31. The summed E-state index contributed by atoms with van der Waals surface area (Å²) in [6.07, 6.45) is -4.50. The Morgan fingerprint density at radius 1 is 1.23 bits per heavy atom. The zero-order valence-corrected chi connectivity index (χ0v) is 12.6. The lowest BCUT2D eigenvalue weighted by molar-refractivity contribution is -0.137. The number of anilines is 2. The van der Waals surface area contributed by atoms with E-state index in [0.717, 1.165) is 23.1 Å². The van der Waals surface area contributed by atoms with Crippen molar-refractivity contribution in [3.8, 4) is 5.75 Å². The Bertz CT molecular complexity index is 683. The second kappa shape index (κ2) is 6.27. The number of urea groups is 1. The largest absolute Gasteiger partial charge is 0.495 e. The number of aryl methyl sites for hydroxylation is 1. The highest BCUT2D eigenvalue weighted by molar-refractivity contribution is 7.10. The maximum Gasteiger partial charge on any atom is 0.416 e. The molecule has 0 unspecified atom stereocenters. The SMILES string of the molecule is COc1ccc(C(F)(F)F)cc1NC(=O)Nc1csc(C)c1. The van der Waals surface area contributed by atoms with Crippen LogP contribution in [0.25, 0.3) is 0 Å². The van der Waals surface area contributed by atoms with Crippen molar-refractivity contribution in [2.75, 3.05) is 17.7 Å². The highest BCUT2D eigenvalue weighted by Gasteiger charge is 2.31. The zero-order chi connectivity index (χ0) is 16.3. The molecule has 2 N–H and O–H groups in total. The molecular formula is C14H13F3N2O2S. The smallest absolute Gasteiger partial charge is 0.416 e. The van der Waals surface area contributed by atoms with Crippen molar-refractivity contribution in [3.63, 3.8) is 0 Å². The van der Waals surface area contributed by atoms with Crippen LogP contribution in [0.3, 0.4) is 0 Å². The molecule has 4 nitrogen and oxygen atoms in total. The molecule has 0 saturated heterocycles. The van der Waals surface area contributed by atoms with Crippen LogP contribution in [0.5, 0.6) is 5.75 Å². The van der Waals surface area contributed by atoms with Gasteiger partial charge in [0.1, 0.15) is 5.75 Å². The van der Waals surface area contributed by atoms with Gasteiger partial charge in [-0.05, 0) is 31.2 Å². The number of rotatable bonds is 3. The zero-order valence-electron chi connectivity index (χ0n) is 11.7. The molecule has 2 amide bonds. The minimum Gasteiger partial charge on any atom is -0.495 e. The minimum atomic E-state index is -4.50. The Kier molecular flexibility index (Phi) is 4.60. The first-order valence-corrected chi connectivity index (χ1v) is 7.06. The van der Waals surface area contributed by atoms with E-state index in [4.69, 9.17) is 4.74 Å². The van der Waals surface area contributed by atoms with E-state index in [9.17, 15) is 18.0 Å². The minimum absolute atomic E-state index is 0.0539. The van der Waals surface area contributed by atoms with Crippen molar-refractivity contribution in [1.29, 1.82) is 0 Å². The van der Waals surface area contributed by atoms with E-state index in [2.05, 4.69) is 10.6 Å². The van der Waals surface area contributed by atoms with Gasteiger partial charge in [-0.1, -0.05) is 0 Å². The molecule has 0 bridgehead atoms. The second-order valence-electron chi connectivity index (χ2n) is 4.44. The second-order valence-corrected chi connectivity index (χ2v) is 5.55. The molecule has 0 saturated carbocycles. The van der Waals surface area contributed by atoms with Crippen LogP contribution in [0.1, 0.15) is 10.4 Å². The third-order valence-electron chi connectivity index (χ3n) is 2.76. The van der Waals surface area contributed by atoms with E-state index in [1.54, 1.807) is 11.4 Å². The highest BCUT2D eigenvalue weighted by Crippen LogP contribution is 2.35. The van der Waals surface area contributed by atoms with Crippen LogP contribution in [0.4, 0.5) is 29.3 Å². The average molecular weight is 330 g/mol. The maximum absolute atomic E-state index is 12.7. The van der Waals surface area contributed by atoms with Gasteiger partial charge in [0, 0.05) is 10.3 Å². The summed E-state index contributed by atoms with van der Waals surface area (Å²) in [5.74, 6) is 0.143. The fourth-order valence-electron chi connectivity index (χ4n) is 1.78. The summed E-state index contributed by atoms with van der Waals surface area (Å²) in [5.41, 5.74) is -0.345. The number of alkyl halides is 3. The first-order chi connectivity index (χ1) is 10.3. The molecule has 1 heterocycles. The van der Waals surface area contributed by atoms with Crippen molar-refractivity contribution in [1.82, 2.24) is 0 Å². The molecule has 22 heavy (non-hydrogen) atoms. The van der Waals surface area contributed by atoms with Crippen molar-refractivity contribution < 1.29 is 22.7 Å². The van der Waals surface area contributed by atoms with Crippen LogP contribution in [0, 0.1) is 6.92 Å². The van der Waals surface area contributed by atoms with Gasteiger partial charge in [0.05, 0.1) is 24.0 Å². The predicted octanol–water partition coefficient (Wildman–Crippen LogP) is 4.73. The molecular weight excluding hydrogens is 317 g/mol. The summed E-state index contributed by atoms with van der Waals surface area (Å²) in [6, 6.07) is 4.00. The van der Waals surface area contributed by atoms with Gasteiger partial charge in [-0.3, -0.25) is 0 Å². The first-order valence-electron chi connectivity index (χ1n) is 6.18. The summed E-state index contributed by atoms with van der Waals surface area (Å²) in [6.45, 7) is 1.88. The third-order valence-corrected chi connectivity index (χ3v) is 3.62. The van der Waals surface area contributed by atoms with Crippen molar-refractivity contribution >= 4 is 28.7 Å². The van der Waals surface area contributed by atoms with E-state index in [0.29, 0.717) is 5.69 Å². The number of amides is 2. The highest BCUT2D eigenvalue weighted by atomic mass is 32.1. The van der Waals surface area contributed by atoms with Gasteiger partial charge < -0.3 is 15.4 Å². The standard InChI is InChI=1S/C14H13F3N2O2S/c1-8-5-10(7-22-8)18-13(20)19-11-6-9(14(15,16)17)3-4-12(11)21-2/h3-7H,1-2H3,(H2,18,19,20). The number of benzene rings is 1. The van der Waals surface area contributed by atoms with Crippen LogP contribution in [-0.4, -0.2) is 13.1 Å². The molecule has 8 heteroatoms. The van der Waals surface area contributed by atoms with Crippen LogP contribution >= 0.6 is 11.3 Å². The lowest BCUT2D eigenvalue weighted by Crippen LogP contribution is -2.20. The molecule has 0 aliphatic rings. The number of nitrogens with one attached hydrogen (secondary N) is 2. The van der Waals surface area contributed by atoms with E-state index in [1.807, 2.05) is 6.92 Å². The van der Waals surface area contributed by atoms with Crippen LogP contribution in [-0.2, 0) is 6.18 Å². The number of carbonyl (C=O) groups is 1. The normalized spacial score (nSPS) is 11.1. The fourth-order valence-corrected chi connectivity index (χ4v) is 2.41. The number of methoxy groups -OCH3 is 1. The molecule has 118 valence electrons. The molecule has 2 aromatic rings. The Labute approximate surface area is 128 Å². The molecule has 1 aromatic heterocycles. The summed E-state index contributed by atoms with van der Waals surface area (Å²) in [5, 5.41) is 6.64. The third kappa shape index (κ3) is 3.91. The molecule has 0 radical (unpaired) electrons. The summed E-state index contributed by atoms with van der Waals surface area (Å²) < 4.78 is 43.1. The molecule has 0 atom stereocenters. The maximum atomic E-state index is 12.7. The summed E-state index contributed by atoms with van der Waals surface area (Å²) >= 11 is 1.45. The van der Waals surface area contributed by atoms with Gasteiger partial charge in [-0.2, -0.15) is 13.2 Å². The van der Waals surface area contributed by atoms with Gasteiger partial charge in [-0.25, -0.2) is 4.79 Å². The van der Waals surface area contributed by atoms with Gasteiger partial charge >= 0.3 is 12.2 Å². The lowest BCUT2D eigenvalue weighted by Gasteiger charge is -2.13. The van der Waals surface area contributed by atoms with Gasteiger partial charge in [0.15, 0.2) is 0 Å². The van der Waals surface area contributed by atoms with Gasteiger partial charge in [0.2, 0.25) is 0 Å². The Morgan fingerprint density at radius 3 is 2.50 bits per heavy atom. The average Bonchev–Trinajstić information content (AvgIpc) is 2.82. The van der Waals surface area contributed by atoms with Crippen molar-refractivity contribution in [2.24, 2.45) is 0 Å². The quantitative estimate of drug-likeness (QED) is 0.855. The van der Waals surface area contributed by atoms with Crippen molar-refractivity contribution in [2.45, 2.75) is 13.1 Å². The van der Waals surface area contributed by atoms with Crippen LogP contribution in [0.15, 0.2) is 29.6 Å². The lowest BCUT2D eigenvalue weighted by atomic mass is 10.2. The molecule has 0 aliphatic carbocycles. The number of halogens is 3. The van der Waals surface area contributed by atoms with Crippen LogP contribution in [0.2, 0.25) is 0 Å². The monoisotopic (exact) mass is 330 g/mol. The van der Waals surface area contributed by atoms with E-state index in [-0.39, 0.29) is 11.4 Å².